The van der Waals surface area contributed by atoms with Crippen molar-refractivity contribution in [3.05, 3.63) is 108 Å². The summed E-state index contributed by atoms with van der Waals surface area (Å²) in [4.78, 5) is 42.2. The number of esters is 1. The van der Waals surface area contributed by atoms with Gasteiger partial charge in [-0.15, -0.1) is 0 Å². The first-order valence-corrected chi connectivity index (χ1v) is 18.9. The van der Waals surface area contributed by atoms with Gasteiger partial charge in [-0.05, 0) is 82.9 Å². The Morgan fingerprint density at radius 1 is 0.625 bits per heavy atom. The van der Waals surface area contributed by atoms with E-state index in [0.717, 1.165) is 78.2 Å². The van der Waals surface area contributed by atoms with Crippen LogP contribution in [0.25, 0.3) is 32.9 Å². The van der Waals surface area contributed by atoms with Crippen LogP contribution in [-0.4, -0.2) is 90.3 Å². The van der Waals surface area contributed by atoms with Gasteiger partial charge in [0.1, 0.15) is 17.4 Å². The second kappa shape index (κ2) is 13.1. The second-order valence-corrected chi connectivity index (χ2v) is 15.7. The Labute approximate surface area is 326 Å². The van der Waals surface area contributed by atoms with Gasteiger partial charge in [0, 0.05) is 121 Å². The number of ether oxygens (including phenoxy) is 1. The van der Waals surface area contributed by atoms with Crippen LogP contribution in [0.2, 0.25) is 0 Å². The van der Waals surface area contributed by atoms with Crippen LogP contribution in [0.3, 0.4) is 0 Å². The van der Waals surface area contributed by atoms with E-state index in [1.807, 2.05) is 12.2 Å². The van der Waals surface area contributed by atoms with Crippen LogP contribution in [0.1, 0.15) is 30.4 Å². The molecule has 9 rings (SSSR count). The summed E-state index contributed by atoms with van der Waals surface area (Å²) in [6.07, 6.45) is 4.20. The third-order valence-corrected chi connectivity index (χ3v) is 11.1. The Balaban J connectivity index is 1.29. The first-order chi connectivity index (χ1) is 26.8. The molecule has 0 fully saturated rings. The minimum absolute atomic E-state index is 0.240. The van der Waals surface area contributed by atoms with Gasteiger partial charge < -0.3 is 24.3 Å². The molecule has 1 atom stereocenters. The van der Waals surface area contributed by atoms with Crippen LogP contribution in [0.4, 0.5) is 22.7 Å². The highest BCUT2D eigenvalue weighted by Crippen LogP contribution is 2.49. The van der Waals surface area contributed by atoms with Crippen molar-refractivity contribution in [1.29, 1.82) is 0 Å². The summed E-state index contributed by atoms with van der Waals surface area (Å²) in [6.45, 7) is 1.41. The van der Waals surface area contributed by atoms with Gasteiger partial charge in [-0.25, -0.2) is 15.0 Å². The molecular weight excluding hydrogens is 699 g/mol. The average Bonchev–Trinajstić information content (AvgIpc) is 3.50. The number of carbonyl (C=O) groups is 1. The summed E-state index contributed by atoms with van der Waals surface area (Å²) in [5.41, 5.74) is 12.5. The van der Waals surface area contributed by atoms with E-state index < -0.39 is 5.97 Å². The molecule has 2 aliphatic carbocycles. The largest absolute Gasteiger partial charge is 0.427 e. The third-order valence-electron chi connectivity index (χ3n) is 11.1. The lowest BCUT2D eigenvalue weighted by Gasteiger charge is -2.24. The molecule has 2 bridgehead atoms. The molecule has 11 nitrogen and oxygen atoms in total. The van der Waals surface area contributed by atoms with E-state index in [0.29, 0.717) is 29.8 Å². The van der Waals surface area contributed by atoms with Crippen molar-refractivity contribution in [3.63, 3.8) is 0 Å². The highest BCUT2D eigenvalue weighted by atomic mass is 16.5. The van der Waals surface area contributed by atoms with Gasteiger partial charge >= 0.3 is 5.97 Å². The number of carbonyl (C=O) groups excluding carboxylic acids is 1. The molecule has 0 N–H and O–H groups in total. The zero-order valence-corrected chi connectivity index (χ0v) is 33.3. The van der Waals surface area contributed by atoms with Crippen LogP contribution in [0.15, 0.2) is 116 Å². The molecule has 56 heavy (non-hydrogen) atoms. The molecular formula is C45H45N9O2. The summed E-state index contributed by atoms with van der Waals surface area (Å²) in [5, 5.41) is 2.19. The highest BCUT2D eigenvalue weighted by Gasteiger charge is 2.39. The molecule has 1 aromatic heterocycles. The molecule has 11 heteroatoms. The Bertz CT molecular complexity index is 2580. The lowest BCUT2D eigenvalue weighted by atomic mass is 9.91. The van der Waals surface area contributed by atoms with E-state index in [2.05, 4.69) is 153 Å². The number of allylic oxidation sites excluding steroid dienone is 3. The summed E-state index contributed by atoms with van der Waals surface area (Å²) in [5.74, 6) is 1.22. The first-order valence-electron chi connectivity index (χ1n) is 18.9. The van der Waals surface area contributed by atoms with Gasteiger partial charge in [-0.2, -0.15) is 4.99 Å². The van der Waals surface area contributed by atoms with Crippen LogP contribution in [0, 0.1) is 5.92 Å². The molecule has 2 aliphatic heterocycles. The Morgan fingerprint density at radius 3 is 1.66 bits per heavy atom. The molecule has 4 aromatic carbocycles. The van der Waals surface area contributed by atoms with Crippen LogP contribution in [0.5, 0.6) is 0 Å². The molecule has 0 radical (unpaired) electrons. The number of hydrogen-bond acceptors (Lipinski definition) is 10. The standard InChI is InChI=1S/C45H45N9O2/c1-25(55)56-31-18-26-19-38-39(24-31)47-44(42-32-14-10-27(50(2)3)20-34(32)35-21-28(51(4)5)11-15-33(35)42)48-43(38)49-45(46-26)54-40-16-12-29(52(6)7)22-36(40)37-23-30(53(8)9)13-17-41(37)54/h10-18,20-24,38,42H,19H2,1-9H3. The smallest absolute Gasteiger partial charge is 0.308 e. The number of benzene rings is 4. The summed E-state index contributed by atoms with van der Waals surface area (Å²) in [6, 6.07) is 26.2. The van der Waals surface area contributed by atoms with Gasteiger partial charge in [0.15, 0.2) is 0 Å². The number of rotatable bonds is 6. The lowest BCUT2D eigenvalue weighted by Crippen LogP contribution is -2.30. The molecule has 5 aromatic rings. The number of hydrogen-bond donors (Lipinski definition) is 0. The fourth-order valence-electron chi connectivity index (χ4n) is 8.23. The van der Waals surface area contributed by atoms with Gasteiger partial charge in [0.25, 0.3) is 0 Å². The van der Waals surface area contributed by atoms with E-state index in [1.54, 1.807) is 0 Å². The average molecular weight is 744 g/mol. The van der Waals surface area contributed by atoms with Crippen molar-refractivity contribution in [2.24, 2.45) is 25.9 Å². The minimum Gasteiger partial charge on any atom is -0.427 e. The van der Waals surface area contributed by atoms with E-state index in [9.17, 15) is 4.79 Å². The maximum atomic E-state index is 12.4. The van der Waals surface area contributed by atoms with Gasteiger partial charge in [-0.1, -0.05) is 12.1 Å². The maximum absolute atomic E-state index is 12.4. The fraction of sp³-hybridized carbons (Fsp3) is 0.267. The van der Waals surface area contributed by atoms with Gasteiger partial charge in [0.2, 0.25) is 5.96 Å². The van der Waals surface area contributed by atoms with Crippen LogP contribution in [-0.2, 0) is 9.53 Å². The third kappa shape index (κ3) is 5.77. The monoisotopic (exact) mass is 743 g/mol. The molecule has 0 saturated carbocycles. The number of anilines is 4. The van der Waals surface area contributed by atoms with Gasteiger partial charge in [0.05, 0.1) is 28.6 Å². The summed E-state index contributed by atoms with van der Waals surface area (Å²) >= 11 is 0. The predicted octanol–water partition coefficient (Wildman–Crippen LogP) is 7.69. The van der Waals surface area contributed by atoms with E-state index in [-0.39, 0.29) is 11.8 Å². The molecule has 282 valence electrons. The molecule has 4 aliphatic rings. The number of nitrogens with zero attached hydrogens (tertiary/aromatic N) is 9. The van der Waals surface area contributed by atoms with Crippen molar-refractivity contribution in [1.82, 2.24) is 4.57 Å². The number of aliphatic imine (C=N–C) groups is 4. The quantitative estimate of drug-likeness (QED) is 0.166. The molecule has 0 amide bonds. The maximum Gasteiger partial charge on any atom is 0.308 e. The van der Waals surface area contributed by atoms with E-state index in [4.69, 9.17) is 24.7 Å². The molecule has 1 unspecified atom stereocenters. The van der Waals surface area contributed by atoms with Crippen LogP contribution >= 0.6 is 0 Å². The highest BCUT2D eigenvalue weighted by molar-refractivity contribution is 6.26. The number of amidine groups is 2. The molecule has 3 heterocycles. The Kier molecular flexibility index (Phi) is 8.23. The fourth-order valence-corrected chi connectivity index (χ4v) is 8.23. The van der Waals surface area contributed by atoms with Crippen molar-refractivity contribution < 1.29 is 9.53 Å². The molecule has 0 saturated heterocycles. The van der Waals surface area contributed by atoms with Crippen LogP contribution < -0.4 is 19.6 Å². The second-order valence-electron chi connectivity index (χ2n) is 15.7. The van der Waals surface area contributed by atoms with Crippen molar-refractivity contribution in [2.45, 2.75) is 19.3 Å². The van der Waals surface area contributed by atoms with E-state index in [1.165, 1.54) is 6.92 Å². The zero-order valence-electron chi connectivity index (χ0n) is 33.3. The zero-order chi connectivity index (χ0) is 39.2. The van der Waals surface area contributed by atoms with Gasteiger partial charge in [-0.3, -0.25) is 9.36 Å². The number of aromatic nitrogens is 1. The first kappa shape index (κ1) is 35.2. The SMILES string of the molecule is CC(=O)OC1=CC2=NC(C3c4ccc(N(C)C)cc4-c4cc(N(C)C)ccc43)=NC3=NC(n4c5ccc(N(C)C)cc5c5cc(N(C)C)ccc54)=NC(=C1)CC23. The number of fused-ring (bicyclic) bond motifs is 7. The predicted molar refractivity (Wildman–Crippen MR) is 232 cm³/mol. The molecule has 0 spiro atoms. The van der Waals surface area contributed by atoms with Crippen molar-refractivity contribution in [3.8, 4) is 11.1 Å². The minimum atomic E-state index is -0.409. The topological polar surface area (TPSA) is 93.6 Å². The lowest BCUT2D eigenvalue weighted by molar-refractivity contribution is -0.136. The normalized spacial score (nSPS) is 17.1. The summed E-state index contributed by atoms with van der Waals surface area (Å²) in [7, 11) is 16.5. The Hall–Kier alpha value is -6.49. The van der Waals surface area contributed by atoms with Crippen molar-refractivity contribution >= 4 is 73.9 Å². The summed E-state index contributed by atoms with van der Waals surface area (Å²) < 4.78 is 7.92. The Morgan fingerprint density at radius 2 is 1.14 bits per heavy atom. The van der Waals surface area contributed by atoms with E-state index >= 15 is 0 Å². The van der Waals surface area contributed by atoms with Crippen molar-refractivity contribution in [2.75, 3.05) is 76.0 Å².